The largest absolute Gasteiger partial charge is 0.494 e. The van der Waals surface area contributed by atoms with Gasteiger partial charge in [0.15, 0.2) is 16.6 Å². The summed E-state index contributed by atoms with van der Waals surface area (Å²) in [7, 11) is 0. The van der Waals surface area contributed by atoms with Crippen LogP contribution in [0.4, 0.5) is 5.13 Å². The van der Waals surface area contributed by atoms with Crippen molar-refractivity contribution >= 4 is 45.0 Å². The highest BCUT2D eigenvalue weighted by molar-refractivity contribution is 7.22. The number of ether oxygens (including phenoxy) is 4. The number of hydrogen-bond donors (Lipinski definition) is 0. The van der Waals surface area contributed by atoms with E-state index in [0.717, 1.165) is 29.9 Å². The molecule has 0 radical (unpaired) electrons. The predicted molar refractivity (Wildman–Crippen MR) is 118 cm³/mol. The molecule has 0 saturated carbocycles. The van der Waals surface area contributed by atoms with Crippen LogP contribution in [-0.4, -0.2) is 68.4 Å². The van der Waals surface area contributed by atoms with Crippen LogP contribution in [0.3, 0.4) is 0 Å². The number of thiazole rings is 1. The van der Waals surface area contributed by atoms with Gasteiger partial charge in [0.25, 0.3) is 5.91 Å². The Labute approximate surface area is 185 Å². The maximum Gasteiger partial charge on any atom is 0.298 e. The zero-order valence-corrected chi connectivity index (χ0v) is 18.7. The Morgan fingerprint density at radius 3 is 2.40 bits per heavy atom. The van der Waals surface area contributed by atoms with Crippen LogP contribution in [0.5, 0.6) is 11.5 Å². The van der Waals surface area contributed by atoms with Crippen LogP contribution >= 0.6 is 23.7 Å². The van der Waals surface area contributed by atoms with E-state index in [1.54, 1.807) is 4.90 Å². The van der Waals surface area contributed by atoms with Gasteiger partial charge >= 0.3 is 0 Å². The summed E-state index contributed by atoms with van der Waals surface area (Å²) in [6, 6.07) is 3.80. The first kappa shape index (κ1) is 22.5. The molecule has 2 aliphatic heterocycles. The summed E-state index contributed by atoms with van der Waals surface area (Å²) in [5.41, 5.74) is 0.782. The Bertz CT molecular complexity index is 872. The summed E-state index contributed by atoms with van der Waals surface area (Å²) >= 11 is 1.45. The summed E-state index contributed by atoms with van der Waals surface area (Å²) in [4.78, 5) is 21.8. The van der Waals surface area contributed by atoms with Gasteiger partial charge in [0.2, 0.25) is 5.76 Å². The number of nitrogens with zero attached hydrogens (tertiary/aromatic N) is 3. The van der Waals surface area contributed by atoms with Gasteiger partial charge in [-0.2, -0.15) is 0 Å². The molecule has 4 rings (SSSR count). The van der Waals surface area contributed by atoms with Gasteiger partial charge in [-0.05, 0) is 13.1 Å². The Balaban J connectivity index is 0.00000256. The second-order valence-corrected chi connectivity index (χ2v) is 7.65. The van der Waals surface area contributed by atoms with E-state index in [4.69, 9.17) is 23.9 Å². The molecular formula is C20H26ClN3O5S. The number of benzene rings is 1. The van der Waals surface area contributed by atoms with Crippen molar-refractivity contribution in [3.8, 4) is 11.5 Å². The van der Waals surface area contributed by atoms with Crippen molar-refractivity contribution in [2.75, 3.05) is 57.5 Å². The molecule has 0 fully saturated rings. The minimum absolute atomic E-state index is 0. The van der Waals surface area contributed by atoms with E-state index in [-0.39, 0.29) is 24.1 Å². The molecule has 0 bridgehead atoms. The Kier molecular flexibility index (Phi) is 7.63. The third-order valence-corrected chi connectivity index (χ3v) is 5.95. The standard InChI is InChI=1S/C20H25N3O5S.ClH/c1-3-22(4-2)5-6-23(19(24)17-13-25-7-8-28-17)20-21-14-11-15-16(12-18(14)29-20)27-10-9-26-15;/h11-13H,3-10H2,1-2H3;1H. The molecule has 164 valence electrons. The second-order valence-electron chi connectivity index (χ2n) is 6.65. The quantitative estimate of drug-likeness (QED) is 0.635. The number of likely N-dealkylation sites (N-methyl/N-ethyl adjacent to an activating group) is 1. The number of hydrogen-bond acceptors (Lipinski definition) is 8. The average Bonchev–Trinajstić information content (AvgIpc) is 3.17. The van der Waals surface area contributed by atoms with Crippen molar-refractivity contribution in [2.24, 2.45) is 0 Å². The molecule has 1 amide bonds. The zero-order chi connectivity index (χ0) is 20.2. The molecule has 0 unspecified atom stereocenters. The molecule has 0 atom stereocenters. The van der Waals surface area contributed by atoms with Gasteiger partial charge < -0.3 is 23.8 Å². The molecule has 8 nitrogen and oxygen atoms in total. The summed E-state index contributed by atoms with van der Waals surface area (Å²) in [5, 5.41) is 0.620. The molecule has 0 spiro atoms. The van der Waals surface area contributed by atoms with E-state index in [1.807, 2.05) is 12.1 Å². The number of anilines is 1. The van der Waals surface area contributed by atoms with Crippen molar-refractivity contribution < 1.29 is 23.7 Å². The number of fused-ring (bicyclic) bond motifs is 2. The fourth-order valence-corrected chi connectivity index (χ4v) is 4.25. The van der Waals surface area contributed by atoms with Crippen LogP contribution in [0.25, 0.3) is 10.2 Å². The first-order chi connectivity index (χ1) is 14.2. The third kappa shape index (κ3) is 4.74. The van der Waals surface area contributed by atoms with E-state index in [1.165, 1.54) is 17.6 Å². The van der Waals surface area contributed by atoms with Crippen molar-refractivity contribution in [1.82, 2.24) is 9.88 Å². The normalized spacial score (nSPS) is 15.1. The lowest BCUT2D eigenvalue weighted by molar-refractivity contribution is -0.119. The molecule has 3 heterocycles. The third-order valence-electron chi connectivity index (χ3n) is 4.91. The zero-order valence-electron chi connectivity index (χ0n) is 17.1. The molecular weight excluding hydrogens is 430 g/mol. The highest BCUT2D eigenvalue weighted by Gasteiger charge is 2.27. The van der Waals surface area contributed by atoms with Gasteiger partial charge in [-0.25, -0.2) is 4.98 Å². The summed E-state index contributed by atoms with van der Waals surface area (Å²) < 4.78 is 23.1. The second kappa shape index (κ2) is 10.2. The SMILES string of the molecule is CCN(CC)CCN(C(=O)C1=COCCO1)c1nc2cc3c(cc2s1)OCCO3.Cl. The first-order valence-corrected chi connectivity index (χ1v) is 10.7. The summed E-state index contributed by atoms with van der Waals surface area (Å²) in [6.07, 6.45) is 1.39. The van der Waals surface area contributed by atoms with Crippen molar-refractivity contribution in [2.45, 2.75) is 13.8 Å². The number of carbonyl (C=O) groups excluding carboxylic acids is 1. The van der Waals surface area contributed by atoms with E-state index in [2.05, 4.69) is 18.7 Å². The number of rotatable bonds is 7. The highest BCUT2D eigenvalue weighted by Crippen LogP contribution is 2.39. The van der Waals surface area contributed by atoms with E-state index in [0.29, 0.717) is 49.6 Å². The number of aromatic nitrogens is 1. The molecule has 1 aromatic carbocycles. The maximum atomic E-state index is 13.2. The Morgan fingerprint density at radius 2 is 1.73 bits per heavy atom. The molecule has 30 heavy (non-hydrogen) atoms. The molecule has 0 saturated heterocycles. The number of amides is 1. The van der Waals surface area contributed by atoms with Crippen molar-refractivity contribution in [3.63, 3.8) is 0 Å². The topological polar surface area (TPSA) is 73.4 Å². The lowest BCUT2D eigenvalue weighted by Crippen LogP contribution is -2.40. The maximum absolute atomic E-state index is 13.2. The molecule has 0 aliphatic carbocycles. The summed E-state index contributed by atoms with van der Waals surface area (Å²) in [6.45, 7) is 9.17. The lowest BCUT2D eigenvalue weighted by atomic mass is 10.3. The predicted octanol–water partition coefficient (Wildman–Crippen LogP) is 3.05. The minimum Gasteiger partial charge on any atom is -0.494 e. The number of carbonyl (C=O) groups is 1. The van der Waals surface area contributed by atoms with Crippen LogP contribution in [0.15, 0.2) is 24.2 Å². The van der Waals surface area contributed by atoms with E-state index >= 15 is 0 Å². The Hall–Kier alpha value is -2.23. The van der Waals surface area contributed by atoms with Crippen molar-refractivity contribution in [1.29, 1.82) is 0 Å². The van der Waals surface area contributed by atoms with E-state index < -0.39 is 0 Å². The molecule has 10 heteroatoms. The van der Waals surface area contributed by atoms with Crippen LogP contribution in [-0.2, 0) is 14.3 Å². The van der Waals surface area contributed by atoms with Crippen LogP contribution in [0.2, 0.25) is 0 Å². The van der Waals surface area contributed by atoms with E-state index in [9.17, 15) is 4.79 Å². The fraction of sp³-hybridized carbons (Fsp3) is 0.500. The van der Waals surface area contributed by atoms with Gasteiger partial charge in [0.05, 0.1) is 10.2 Å². The molecule has 2 aliphatic rings. The smallest absolute Gasteiger partial charge is 0.298 e. The van der Waals surface area contributed by atoms with Gasteiger partial charge in [-0.3, -0.25) is 9.69 Å². The van der Waals surface area contributed by atoms with Gasteiger partial charge in [0, 0.05) is 25.2 Å². The first-order valence-electron chi connectivity index (χ1n) is 9.88. The highest BCUT2D eigenvalue weighted by atomic mass is 35.5. The molecule has 2 aromatic rings. The van der Waals surface area contributed by atoms with Gasteiger partial charge in [-0.1, -0.05) is 25.2 Å². The average molecular weight is 456 g/mol. The number of halogens is 1. The lowest BCUT2D eigenvalue weighted by Gasteiger charge is -2.26. The monoisotopic (exact) mass is 455 g/mol. The molecule has 0 N–H and O–H groups in total. The fourth-order valence-electron chi connectivity index (χ4n) is 3.25. The molecule has 1 aromatic heterocycles. The summed E-state index contributed by atoms with van der Waals surface area (Å²) in [5.74, 6) is 1.37. The van der Waals surface area contributed by atoms with Crippen molar-refractivity contribution in [3.05, 3.63) is 24.2 Å². The minimum atomic E-state index is -0.242. The van der Waals surface area contributed by atoms with Crippen LogP contribution in [0, 0.1) is 0 Å². The van der Waals surface area contributed by atoms with Gasteiger partial charge in [-0.15, -0.1) is 12.4 Å². The Morgan fingerprint density at radius 1 is 1.03 bits per heavy atom. The van der Waals surface area contributed by atoms with Crippen LogP contribution < -0.4 is 14.4 Å². The van der Waals surface area contributed by atoms with Crippen LogP contribution in [0.1, 0.15) is 13.8 Å². The van der Waals surface area contributed by atoms with Gasteiger partial charge in [0.1, 0.15) is 32.7 Å².